The first-order valence-electron chi connectivity index (χ1n) is 11.9. The fraction of sp³-hybridized carbons (Fsp3) is 0.760. The molecule has 2 unspecified atom stereocenters. The zero-order valence-corrected chi connectivity index (χ0v) is 19.2. The van der Waals surface area contributed by atoms with Crippen LogP contribution in [-0.2, 0) is 6.42 Å². The van der Waals surface area contributed by atoms with E-state index in [-0.39, 0.29) is 0 Å². The molecule has 3 nitrogen and oxygen atoms in total. The third-order valence-corrected chi connectivity index (χ3v) is 7.57. The van der Waals surface area contributed by atoms with Crippen molar-refractivity contribution in [3.8, 4) is 0 Å². The summed E-state index contributed by atoms with van der Waals surface area (Å²) in [4.78, 5) is 5.00. The Kier molecular flexibility index (Phi) is 9.30. The first-order chi connectivity index (χ1) is 14.1. The molecule has 1 N–H and O–H groups in total. The molecule has 1 saturated heterocycles. The molecule has 2 atom stereocenters. The van der Waals surface area contributed by atoms with E-state index in [1.54, 1.807) is 0 Å². The third-order valence-electron chi connectivity index (χ3n) is 7.20. The Balaban J connectivity index is 1.77. The van der Waals surface area contributed by atoms with Crippen LogP contribution in [0.4, 0.5) is 0 Å². The van der Waals surface area contributed by atoms with Gasteiger partial charge in [-0.05, 0) is 31.5 Å². The molecule has 0 aromatic heterocycles. The van der Waals surface area contributed by atoms with E-state index >= 15 is 0 Å². The van der Waals surface area contributed by atoms with Crippen LogP contribution in [0.1, 0.15) is 69.8 Å². The Morgan fingerprint density at radius 2 is 1.55 bits per heavy atom. The zero-order chi connectivity index (χ0) is 20.5. The first kappa shape index (κ1) is 23.1. The zero-order valence-electron chi connectivity index (χ0n) is 18.4. The normalized spacial score (nSPS) is 29.1. The van der Waals surface area contributed by atoms with Crippen LogP contribution < -0.4 is 0 Å². The van der Waals surface area contributed by atoms with Gasteiger partial charge < -0.3 is 14.9 Å². The predicted octanol–water partition coefficient (Wildman–Crippen LogP) is 5.39. The van der Waals surface area contributed by atoms with Crippen molar-refractivity contribution >= 4 is 11.6 Å². The smallest absolute Gasteiger partial charge is 0.0728 e. The highest BCUT2D eigenvalue weighted by Gasteiger charge is 2.37. The Morgan fingerprint density at radius 3 is 2.24 bits per heavy atom. The summed E-state index contributed by atoms with van der Waals surface area (Å²) < 4.78 is 0. The van der Waals surface area contributed by atoms with Crippen LogP contribution in [0.2, 0.25) is 5.02 Å². The molecule has 4 heteroatoms. The van der Waals surface area contributed by atoms with E-state index in [1.165, 1.54) is 44.9 Å². The number of aliphatic hydroxyl groups is 1. The lowest BCUT2D eigenvalue weighted by Crippen LogP contribution is -2.51. The number of likely N-dealkylation sites (N-methyl/N-ethyl adjacent to an activating group) is 1. The lowest BCUT2D eigenvalue weighted by atomic mass is 9.75. The highest BCUT2D eigenvalue weighted by atomic mass is 35.5. The summed E-state index contributed by atoms with van der Waals surface area (Å²) in [6.07, 6.45) is 13.0. The van der Waals surface area contributed by atoms with Crippen LogP contribution in [0, 0.1) is 5.92 Å². The van der Waals surface area contributed by atoms with Crippen molar-refractivity contribution in [2.24, 2.45) is 5.92 Å². The molecule has 0 spiro atoms. The maximum Gasteiger partial charge on any atom is 0.0728 e. The Morgan fingerprint density at radius 1 is 0.931 bits per heavy atom. The molecule has 1 saturated carbocycles. The summed E-state index contributed by atoms with van der Waals surface area (Å²) in [5, 5.41) is 12.9. The van der Waals surface area contributed by atoms with Gasteiger partial charge in [0.15, 0.2) is 0 Å². The van der Waals surface area contributed by atoms with Crippen LogP contribution in [0.25, 0.3) is 0 Å². The SMILES string of the molecule is CN1CCN(CC2CCCCCCCCCCC2(O)Cc2ccccc2Cl)CC1. The quantitative estimate of drug-likeness (QED) is 0.707. The summed E-state index contributed by atoms with van der Waals surface area (Å²) in [7, 11) is 2.21. The van der Waals surface area contributed by atoms with Gasteiger partial charge in [-0.2, -0.15) is 0 Å². The van der Waals surface area contributed by atoms with E-state index < -0.39 is 5.60 Å². The van der Waals surface area contributed by atoms with Gasteiger partial charge in [0.2, 0.25) is 0 Å². The molecule has 0 amide bonds. The third kappa shape index (κ3) is 7.24. The fourth-order valence-electron chi connectivity index (χ4n) is 5.16. The fourth-order valence-corrected chi connectivity index (χ4v) is 5.37. The predicted molar refractivity (Wildman–Crippen MR) is 124 cm³/mol. The van der Waals surface area contributed by atoms with E-state index in [1.807, 2.05) is 12.1 Å². The number of benzene rings is 1. The monoisotopic (exact) mass is 420 g/mol. The molecular weight excluding hydrogens is 380 g/mol. The van der Waals surface area contributed by atoms with Gasteiger partial charge in [-0.3, -0.25) is 0 Å². The van der Waals surface area contributed by atoms with Gasteiger partial charge in [0.25, 0.3) is 0 Å². The maximum atomic E-state index is 12.1. The number of hydrogen-bond acceptors (Lipinski definition) is 3. The highest BCUT2D eigenvalue weighted by molar-refractivity contribution is 6.31. The Bertz CT molecular complexity index is 602. The van der Waals surface area contributed by atoms with Crippen molar-refractivity contribution in [1.29, 1.82) is 0 Å². The summed E-state index contributed by atoms with van der Waals surface area (Å²) in [6.45, 7) is 5.53. The van der Waals surface area contributed by atoms with Crippen LogP contribution in [0.15, 0.2) is 24.3 Å². The number of hydrogen-bond donors (Lipinski definition) is 1. The summed E-state index contributed by atoms with van der Waals surface area (Å²) in [5.74, 6) is 0.321. The first-order valence-corrected chi connectivity index (χ1v) is 12.3. The minimum atomic E-state index is -0.659. The molecule has 1 heterocycles. The molecule has 1 aromatic rings. The molecule has 2 fully saturated rings. The number of halogens is 1. The van der Waals surface area contributed by atoms with E-state index in [2.05, 4.69) is 29.0 Å². The lowest BCUT2D eigenvalue weighted by molar-refractivity contribution is -0.0480. The number of piperazine rings is 1. The van der Waals surface area contributed by atoms with E-state index in [4.69, 9.17) is 11.6 Å². The highest BCUT2D eigenvalue weighted by Crippen LogP contribution is 2.35. The second kappa shape index (κ2) is 11.7. The Labute approximate surface area is 183 Å². The van der Waals surface area contributed by atoms with Gasteiger partial charge >= 0.3 is 0 Å². The topological polar surface area (TPSA) is 26.7 Å². The average Bonchev–Trinajstić information content (AvgIpc) is 2.71. The number of nitrogens with zero attached hydrogens (tertiary/aromatic N) is 2. The van der Waals surface area contributed by atoms with Crippen molar-refractivity contribution in [3.05, 3.63) is 34.9 Å². The minimum Gasteiger partial charge on any atom is -0.389 e. The van der Waals surface area contributed by atoms with Crippen LogP contribution >= 0.6 is 11.6 Å². The van der Waals surface area contributed by atoms with Crippen molar-refractivity contribution < 1.29 is 5.11 Å². The van der Waals surface area contributed by atoms with Crippen LogP contribution in [-0.4, -0.2) is 60.3 Å². The van der Waals surface area contributed by atoms with E-state index in [9.17, 15) is 5.11 Å². The molecule has 164 valence electrons. The molecule has 1 aliphatic carbocycles. The molecule has 0 radical (unpaired) electrons. The van der Waals surface area contributed by atoms with Crippen LogP contribution in [0.3, 0.4) is 0 Å². The van der Waals surface area contributed by atoms with Gasteiger partial charge in [0.1, 0.15) is 0 Å². The lowest BCUT2D eigenvalue weighted by Gasteiger charge is -2.42. The van der Waals surface area contributed by atoms with E-state index in [0.29, 0.717) is 12.3 Å². The largest absolute Gasteiger partial charge is 0.389 e. The van der Waals surface area contributed by atoms with Crippen molar-refractivity contribution in [2.45, 2.75) is 76.2 Å². The minimum absolute atomic E-state index is 0.321. The van der Waals surface area contributed by atoms with Gasteiger partial charge in [0, 0.05) is 50.1 Å². The average molecular weight is 421 g/mol. The van der Waals surface area contributed by atoms with Gasteiger partial charge in [0.05, 0.1) is 5.60 Å². The molecule has 0 bridgehead atoms. The Hall–Kier alpha value is -0.610. The van der Waals surface area contributed by atoms with Gasteiger partial charge in [-0.25, -0.2) is 0 Å². The van der Waals surface area contributed by atoms with Crippen LogP contribution in [0.5, 0.6) is 0 Å². The summed E-state index contributed by atoms with van der Waals surface area (Å²) in [6, 6.07) is 8.10. The van der Waals surface area contributed by atoms with E-state index in [0.717, 1.165) is 62.6 Å². The maximum absolute atomic E-state index is 12.1. The molecule has 3 rings (SSSR count). The second-order valence-electron chi connectivity index (χ2n) is 9.54. The standard InChI is InChI=1S/C25H41ClN2O/c1-27-16-18-28(19-17-27)21-23-13-8-6-4-2-3-5-7-11-15-25(23,29)20-22-12-9-10-14-24(22)26/h9-10,12,14,23,29H,2-8,11,13,15-21H2,1H3. The second-order valence-corrected chi connectivity index (χ2v) is 9.95. The van der Waals surface area contributed by atoms with Crippen molar-refractivity contribution in [2.75, 3.05) is 39.8 Å². The molecular formula is C25H41ClN2O. The molecule has 2 aliphatic rings. The van der Waals surface area contributed by atoms with Crippen molar-refractivity contribution in [1.82, 2.24) is 9.80 Å². The number of rotatable bonds is 4. The molecule has 1 aromatic carbocycles. The van der Waals surface area contributed by atoms with Gasteiger partial charge in [-0.1, -0.05) is 81.2 Å². The molecule has 29 heavy (non-hydrogen) atoms. The summed E-state index contributed by atoms with van der Waals surface area (Å²) in [5.41, 5.74) is 0.445. The van der Waals surface area contributed by atoms with Crippen molar-refractivity contribution in [3.63, 3.8) is 0 Å². The van der Waals surface area contributed by atoms with Gasteiger partial charge in [-0.15, -0.1) is 0 Å². The molecule has 1 aliphatic heterocycles. The summed E-state index contributed by atoms with van der Waals surface area (Å²) >= 11 is 6.51.